The summed E-state index contributed by atoms with van der Waals surface area (Å²) >= 11 is 6.06. The molecule has 3 rings (SSSR count). The van der Waals surface area contributed by atoms with Gasteiger partial charge in [-0.2, -0.15) is 0 Å². The van der Waals surface area contributed by atoms with Gasteiger partial charge < -0.3 is 20.0 Å². The number of hydrogen-bond acceptors (Lipinski definition) is 5. The first-order valence-corrected chi connectivity index (χ1v) is 9.73. The van der Waals surface area contributed by atoms with Crippen molar-refractivity contribution in [3.63, 3.8) is 0 Å². The molecule has 28 heavy (non-hydrogen) atoms. The maximum Gasteiger partial charge on any atom is 0.322 e. The van der Waals surface area contributed by atoms with Crippen molar-refractivity contribution < 1.29 is 14.4 Å². The smallest absolute Gasteiger partial charge is 0.322 e. The van der Waals surface area contributed by atoms with Gasteiger partial charge in [-0.3, -0.25) is 14.9 Å². The van der Waals surface area contributed by atoms with Crippen LogP contribution in [-0.2, 0) is 9.59 Å². The first kappa shape index (κ1) is 20.4. The summed E-state index contributed by atoms with van der Waals surface area (Å²) in [6.45, 7) is 3.04. The minimum Gasteiger partial charge on any atom is -0.368 e. The minimum atomic E-state index is -1.06. The zero-order valence-electron chi connectivity index (χ0n) is 16.2. The first-order chi connectivity index (χ1) is 13.3. The van der Waals surface area contributed by atoms with Crippen LogP contribution >= 0.6 is 11.6 Å². The Balaban J connectivity index is 1.55. The molecule has 4 amide bonds. The summed E-state index contributed by atoms with van der Waals surface area (Å²) in [6.07, 6.45) is 0.481. The Morgan fingerprint density at radius 1 is 1.21 bits per heavy atom. The van der Waals surface area contributed by atoms with Crippen molar-refractivity contribution in [2.75, 3.05) is 51.7 Å². The number of likely N-dealkylation sites (N-methyl/N-ethyl adjacent to an activating group) is 1. The molecule has 2 aliphatic heterocycles. The number of carbonyl (C=O) groups is 3. The van der Waals surface area contributed by atoms with Gasteiger partial charge in [-0.1, -0.05) is 17.7 Å². The lowest BCUT2D eigenvalue weighted by molar-refractivity contribution is -0.132. The molecule has 2 N–H and O–H groups in total. The number of rotatable bonds is 6. The number of imide groups is 1. The molecule has 1 aromatic carbocycles. The van der Waals surface area contributed by atoms with Crippen molar-refractivity contribution in [1.29, 1.82) is 0 Å². The van der Waals surface area contributed by atoms with Gasteiger partial charge in [0.15, 0.2) is 0 Å². The largest absolute Gasteiger partial charge is 0.368 e. The van der Waals surface area contributed by atoms with Crippen LogP contribution < -0.4 is 15.5 Å². The highest BCUT2D eigenvalue weighted by molar-refractivity contribution is 6.30. The van der Waals surface area contributed by atoms with Crippen molar-refractivity contribution in [3.8, 4) is 0 Å². The fraction of sp³-hybridized carbons (Fsp3) is 0.526. The standard InChI is InChI=1S/C19H26ClN5O3/c1-23(2)13-19(17(27)21-18(28)22-19)7-6-16(26)25-10-8-24(9-11-25)15-5-3-4-14(20)12-15/h3-5,12H,6-11,13H2,1-2H3,(H2,21,22,27,28). The second-order valence-corrected chi connectivity index (χ2v) is 8.01. The summed E-state index contributed by atoms with van der Waals surface area (Å²) in [5, 5.41) is 5.69. The van der Waals surface area contributed by atoms with Gasteiger partial charge in [0.25, 0.3) is 5.91 Å². The Bertz CT molecular complexity index is 764. The molecule has 2 saturated heterocycles. The molecule has 0 radical (unpaired) electrons. The maximum atomic E-state index is 12.7. The van der Waals surface area contributed by atoms with Gasteiger partial charge in [-0.05, 0) is 38.7 Å². The lowest BCUT2D eigenvalue weighted by Crippen LogP contribution is -2.55. The van der Waals surface area contributed by atoms with Crippen LogP contribution in [0.2, 0.25) is 5.02 Å². The number of piperazine rings is 1. The van der Waals surface area contributed by atoms with Crippen molar-refractivity contribution in [2.45, 2.75) is 18.4 Å². The molecule has 0 aromatic heterocycles. The summed E-state index contributed by atoms with van der Waals surface area (Å²) in [6, 6.07) is 7.18. The van der Waals surface area contributed by atoms with Gasteiger partial charge in [0.1, 0.15) is 5.54 Å². The zero-order valence-corrected chi connectivity index (χ0v) is 17.0. The fourth-order valence-electron chi connectivity index (χ4n) is 3.80. The molecule has 9 heteroatoms. The Kier molecular flexibility index (Phi) is 6.10. The van der Waals surface area contributed by atoms with E-state index in [1.165, 1.54) is 0 Å². The van der Waals surface area contributed by atoms with E-state index >= 15 is 0 Å². The average Bonchev–Trinajstić information content (AvgIpc) is 2.92. The predicted molar refractivity (Wildman–Crippen MR) is 107 cm³/mol. The lowest BCUT2D eigenvalue weighted by Gasteiger charge is -2.37. The highest BCUT2D eigenvalue weighted by Gasteiger charge is 2.46. The van der Waals surface area contributed by atoms with E-state index in [9.17, 15) is 14.4 Å². The number of urea groups is 1. The van der Waals surface area contributed by atoms with E-state index in [2.05, 4.69) is 15.5 Å². The molecule has 2 heterocycles. The van der Waals surface area contributed by atoms with Crippen molar-refractivity contribution in [2.24, 2.45) is 0 Å². The van der Waals surface area contributed by atoms with Crippen LogP contribution in [0.5, 0.6) is 0 Å². The highest BCUT2D eigenvalue weighted by atomic mass is 35.5. The molecule has 8 nitrogen and oxygen atoms in total. The first-order valence-electron chi connectivity index (χ1n) is 9.36. The van der Waals surface area contributed by atoms with Gasteiger partial charge in [0, 0.05) is 49.9 Å². The van der Waals surface area contributed by atoms with E-state index in [-0.39, 0.29) is 24.7 Å². The van der Waals surface area contributed by atoms with Crippen molar-refractivity contribution in [3.05, 3.63) is 29.3 Å². The van der Waals surface area contributed by atoms with Gasteiger partial charge in [0.05, 0.1) is 0 Å². The third-order valence-corrected chi connectivity index (χ3v) is 5.41. The van der Waals surface area contributed by atoms with Crippen LogP contribution in [0, 0.1) is 0 Å². The summed E-state index contributed by atoms with van der Waals surface area (Å²) in [5.74, 6) is -0.373. The molecule has 2 aliphatic rings. The fourth-order valence-corrected chi connectivity index (χ4v) is 3.98. The molecule has 0 aliphatic carbocycles. The van der Waals surface area contributed by atoms with E-state index in [0.29, 0.717) is 24.7 Å². The Hall–Kier alpha value is -2.32. The molecular weight excluding hydrogens is 382 g/mol. The third kappa shape index (κ3) is 4.56. The topological polar surface area (TPSA) is 85.0 Å². The molecule has 1 unspecified atom stereocenters. The lowest BCUT2D eigenvalue weighted by atomic mass is 9.92. The summed E-state index contributed by atoms with van der Waals surface area (Å²) < 4.78 is 0. The highest BCUT2D eigenvalue weighted by Crippen LogP contribution is 2.22. The van der Waals surface area contributed by atoms with E-state index in [1.807, 2.05) is 48.2 Å². The van der Waals surface area contributed by atoms with E-state index in [0.717, 1.165) is 18.8 Å². The summed E-state index contributed by atoms with van der Waals surface area (Å²) in [4.78, 5) is 42.5. The summed E-state index contributed by atoms with van der Waals surface area (Å²) in [5.41, 5.74) is -0.00588. The van der Waals surface area contributed by atoms with Gasteiger partial charge in [0.2, 0.25) is 5.91 Å². The number of amides is 4. The van der Waals surface area contributed by atoms with E-state index < -0.39 is 11.6 Å². The normalized spacial score (nSPS) is 22.4. The number of nitrogens with one attached hydrogen (secondary N) is 2. The van der Waals surface area contributed by atoms with Crippen molar-refractivity contribution in [1.82, 2.24) is 20.4 Å². The summed E-state index contributed by atoms with van der Waals surface area (Å²) in [7, 11) is 3.66. The molecule has 1 aromatic rings. The van der Waals surface area contributed by atoms with E-state index in [1.54, 1.807) is 0 Å². The molecule has 0 bridgehead atoms. The Morgan fingerprint density at radius 3 is 2.50 bits per heavy atom. The van der Waals surface area contributed by atoms with Gasteiger partial charge in [-0.25, -0.2) is 4.79 Å². The Labute approximate surface area is 169 Å². The molecule has 152 valence electrons. The average molecular weight is 408 g/mol. The maximum absolute atomic E-state index is 12.7. The molecule has 0 spiro atoms. The van der Waals surface area contributed by atoms with Gasteiger partial charge in [-0.15, -0.1) is 0 Å². The minimum absolute atomic E-state index is 0.00201. The van der Waals surface area contributed by atoms with Crippen LogP contribution in [0.15, 0.2) is 24.3 Å². The van der Waals surface area contributed by atoms with E-state index in [4.69, 9.17) is 11.6 Å². The molecule has 2 fully saturated rings. The number of hydrogen-bond donors (Lipinski definition) is 2. The second kappa shape index (κ2) is 8.36. The number of anilines is 1. The van der Waals surface area contributed by atoms with Crippen LogP contribution in [0.3, 0.4) is 0 Å². The van der Waals surface area contributed by atoms with Gasteiger partial charge >= 0.3 is 6.03 Å². The van der Waals surface area contributed by atoms with Crippen LogP contribution in [0.1, 0.15) is 12.8 Å². The van der Waals surface area contributed by atoms with Crippen LogP contribution in [-0.4, -0.2) is 80.0 Å². The third-order valence-electron chi connectivity index (χ3n) is 5.17. The molecule has 0 saturated carbocycles. The van der Waals surface area contributed by atoms with Crippen LogP contribution in [0.25, 0.3) is 0 Å². The monoisotopic (exact) mass is 407 g/mol. The predicted octanol–water partition coefficient (Wildman–Crippen LogP) is 0.909. The zero-order chi connectivity index (χ0) is 20.3. The number of carbonyl (C=O) groups excluding carboxylic acids is 3. The number of benzene rings is 1. The van der Waals surface area contributed by atoms with Crippen molar-refractivity contribution >= 4 is 35.1 Å². The molecule has 1 atom stereocenters. The SMILES string of the molecule is CN(C)CC1(CCC(=O)N2CCN(c3cccc(Cl)c3)CC2)NC(=O)NC1=O. The number of halogens is 1. The number of nitrogens with zero attached hydrogens (tertiary/aromatic N) is 3. The second-order valence-electron chi connectivity index (χ2n) is 7.58. The van der Waals surface area contributed by atoms with Crippen LogP contribution in [0.4, 0.5) is 10.5 Å². The molecular formula is C19H26ClN5O3. The quantitative estimate of drug-likeness (QED) is 0.685. The Morgan fingerprint density at radius 2 is 1.93 bits per heavy atom.